The van der Waals surface area contributed by atoms with Crippen LogP contribution in [0.5, 0.6) is 5.06 Å². The van der Waals surface area contributed by atoms with Crippen molar-refractivity contribution < 1.29 is 14.3 Å². The standard InChI is InChI=1S/C18H25NO3SSi/c1-21-17-10-9-16(23-17)13-14-5-7-15(8-6-14)19-18(20)22-11-12-24(2,3)4/h5-10H,11-13H2,1-4H3,(H,19,20). The molecule has 0 aliphatic heterocycles. The molecule has 2 rings (SSSR count). The van der Waals surface area contributed by atoms with Crippen molar-refractivity contribution in [2.75, 3.05) is 19.0 Å². The van der Waals surface area contributed by atoms with Crippen molar-refractivity contribution in [3.63, 3.8) is 0 Å². The number of ether oxygens (including phenoxy) is 2. The summed E-state index contributed by atoms with van der Waals surface area (Å²) in [6, 6.07) is 12.9. The van der Waals surface area contributed by atoms with Crippen LogP contribution in [0.15, 0.2) is 36.4 Å². The average Bonchev–Trinajstić information content (AvgIpc) is 2.95. The lowest BCUT2D eigenvalue weighted by Crippen LogP contribution is -2.24. The van der Waals surface area contributed by atoms with Crippen molar-refractivity contribution in [3.05, 3.63) is 46.8 Å². The molecule has 0 bridgehead atoms. The molecule has 0 atom stereocenters. The minimum Gasteiger partial charge on any atom is -0.487 e. The number of hydrogen-bond donors (Lipinski definition) is 1. The molecule has 1 amide bonds. The zero-order chi connectivity index (χ0) is 17.6. The average molecular weight is 364 g/mol. The van der Waals surface area contributed by atoms with Crippen molar-refractivity contribution in [2.45, 2.75) is 32.1 Å². The van der Waals surface area contributed by atoms with Gasteiger partial charge in [0.25, 0.3) is 0 Å². The Hall–Kier alpha value is -1.79. The summed E-state index contributed by atoms with van der Waals surface area (Å²) >= 11 is 1.64. The molecule has 0 unspecified atom stereocenters. The second-order valence-corrected chi connectivity index (χ2v) is 13.6. The summed E-state index contributed by atoms with van der Waals surface area (Å²) in [7, 11) is 0.505. The largest absolute Gasteiger partial charge is 0.487 e. The molecule has 6 heteroatoms. The molecule has 1 heterocycles. The van der Waals surface area contributed by atoms with Gasteiger partial charge in [0.2, 0.25) is 0 Å². The molecule has 130 valence electrons. The van der Waals surface area contributed by atoms with Crippen LogP contribution < -0.4 is 10.1 Å². The lowest BCUT2D eigenvalue weighted by Gasteiger charge is -2.15. The number of rotatable bonds is 7. The summed E-state index contributed by atoms with van der Waals surface area (Å²) in [6.45, 7) is 7.27. The van der Waals surface area contributed by atoms with Crippen LogP contribution >= 0.6 is 11.3 Å². The second kappa shape index (κ2) is 8.35. The van der Waals surface area contributed by atoms with E-state index >= 15 is 0 Å². The van der Waals surface area contributed by atoms with Gasteiger partial charge in [-0.3, -0.25) is 5.32 Å². The molecule has 0 radical (unpaired) electrons. The topological polar surface area (TPSA) is 47.6 Å². The molecule has 0 aliphatic rings. The van der Waals surface area contributed by atoms with Gasteiger partial charge in [0.1, 0.15) is 0 Å². The van der Waals surface area contributed by atoms with E-state index in [2.05, 4.69) is 31.0 Å². The van der Waals surface area contributed by atoms with Gasteiger partial charge in [-0.05, 0) is 35.9 Å². The number of amides is 1. The van der Waals surface area contributed by atoms with E-state index < -0.39 is 8.07 Å². The molecule has 1 N–H and O–H groups in total. The predicted molar refractivity (Wildman–Crippen MR) is 103 cm³/mol. The van der Waals surface area contributed by atoms with Crippen LogP contribution in [0.3, 0.4) is 0 Å². The zero-order valence-corrected chi connectivity index (χ0v) is 16.5. The van der Waals surface area contributed by atoms with Crippen molar-refractivity contribution in [2.24, 2.45) is 0 Å². The Labute approximate surface area is 148 Å². The van der Waals surface area contributed by atoms with E-state index in [1.807, 2.05) is 30.3 Å². The molecule has 4 nitrogen and oxygen atoms in total. The van der Waals surface area contributed by atoms with Gasteiger partial charge in [-0.1, -0.05) is 31.8 Å². The molecular weight excluding hydrogens is 338 g/mol. The molecule has 0 fully saturated rings. The van der Waals surface area contributed by atoms with Gasteiger partial charge in [0.05, 0.1) is 13.7 Å². The summed E-state index contributed by atoms with van der Waals surface area (Å²) in [5, 5.41) is 3.69. The van der Waals surface area contributed by atoms with Crippen molar-refractivity contribution >= 4 is 31.2 Å². The highest BCUT2D eigenvalue weighted by atomic mass is 32.1. The Morgan fingerprint density at radius 1 is 1.12 bits per heavy atom. The number of thiophene rings is 1. The summed E-state index contributed by atoms with van der Waals surface area (Å²) < 4.78 is 10.4. The number of benzene rings is 1. The molecule has 24 heavy (non-hydrogen) atoms. The van der Waals surface area contributed by atoms with Gasteiger partial charge in [0, 0.05) is 25.1 Å². The summed E-state index contributed by atoms with van der Waals surface area (Å²) in [5.41, 5.74) is 1.94. The van der Waals surface area contributed by atoms with E-state index in [0.29, 0.717) is 6.61 Å². The van der Waals surface area contributed by atoms with E-state index in [1.54, 1.807) is 18.4 Å². The van der Waals surface area contributed by atoms with Gasteiger partial charge in [0.15, 0.2) is 5.06 Å². The van der Waals surface area contributed by atoms with Crippen LogP contribution in [-0.2, 0) is 11.2 Å². The van der Waals surface area contributed by atoms with Crippen molar-refractivity contribution in [1.82, 2.24) is 0 Å². The maximum absolute atomic E-state index is 11.8. The second-order valence-electron chi connectivity index (χ2n) is 6.87. The third kappa shape index (κ3) is 6.37. The maximum atomic E-state index is 11.8. The van der Waals surface area contributed by atoms with Crippen LogP contribution in [-0.4, -0.2) is 27.9 Å². The van der Waals surface area contributed by atoms with Crippen molar-refractivity contribution in [3.8, 4) is 5.06 Å². The minimum absolute atomic E-state index is 0.385. The van der Waals surface area contributed by atoms with Gasteiger partial charge in [-0.2, -0.15) is 0 Å². The number of methoxy groups -OCH3 is 1. The first kappa shape index (κ1) is 18.5. The number of hydrogen-bond acceptors (Lipinski definition) is 4. The van der Waals surface area contributed by atoms with Crippen LogP contribution in [0, 0.1) is 0 Å². The fraction of sp³-hybridized carbons (Fsp3) is 0.389. The third-order valence-corrected chi connectivity index (χ3v) is 6.25. The lowest BCUT2D eigenvalue weighted by atomic mass is 10.1. The fourth-order valence-corrected chi connectivity index (χ4v) is 3.64. The van der Waals surface area contributed by atoms with Crippen LogP contribution in [0.25, 0.3) is 0 Å². The first-order chi connectivity index (χ1) is 11.4. The minimum atomic E-state index is -1.17. The van der Waals surface area contributed by atoms with E-state index in [0.717, 1.165) is 23.2 Å². The van der Waals surface area contributed by atoms with Crippen LogP contribution in [0.1, 0.15) is 10.4 Å². The van der Waals surface area contributed by atoms with Gasteiger partial charge >= 0.3 is 6.09 Å². The van der Waals surface area contributed by atoms with E-state index in [4.69, 9.17) is 9.47 Å². The maximum Gasteiger partial charge on any atom is 0.411 e. The van der Waals surface area contributed by atoms with Gasteiger partial charge < -0.3 is 9.47 Å². The summed E-state index contributed by atoms with van der Waals surface area (Å²) in [5.74, 6) is 0. The van der Waals surface area contributed by atoms with E-state index in [9.17, 15) is 4.79 Å². The summed E-state index contributed by atoms with van der Waals surface area (Å²) in [4.78, 5) is 13.0. The van der Waals surface area contributed by atoms with E-state index in [-0.39, 0.29) is 6.09 Å². The molecular formula is C18H25NO3SSi. The number of anilines is 1. The zero-order valence-electron chi connectivity index (χ0n) is 14.7. The molecule has 0 saturated heterocycles. The first-order valence-electron chi connectivity index (χ1n) is 8.01. The number of carbonyl (C=O) groups excluding carboxylic acids is 1. The normalized spacial score (nSPS) is 11.2. The molecule has 0 spiro atoms. The number of nitrogens with one attached hydrogen (secondary N) is 1. The van der Waals surface area contributed by atoms with Crippen LogP contribution in [0.2, 0.25) is 25.7 Å². The first-order valence-corrected chi connectivity index (χ1v) is 12.5. The highest BCUT2D eigenvalue weighted by Gasteiger charge is 2.13. The molecule has 1 aromatic heterocycles. The van der Waals surface area contributed by atoms with Crippen molar-refractivity contribution in [1.29, 1.82) is 0 Å². The Morgan fingerprint density at radius 3 is 2.42 bits per heavy atom. The smallest absolute Gasteiger partial charge is 0.411 e. The highest BCUT2D eigenvalue weighted by molar-refractivity contribution is 7.13. The van der Waals surface area contributed by atoms with Gasteiger partial charge in [-0.15, -0.1) is 11.3 Å². The molecule has 2 aromatic rings. The Bertz CT molecular complexity index is 662. The van der Waals surface area contributed by atoms with Crippen LogP contribution in [0.4, 0.5) is 10.5 Å². The Kier molecular flexibility index (Phi) is 6.45. The molecule has 1 aromatic carbocycles. The van der Waals surface area contributed by atoms with E-state index in [1.165, 1.54) is 10.4 Å². The molecule has 0 aliphatic carbocycles. The molecule has 0 saturated carbocycles. The Balaban J connectivity index is 1.82. The lowest BCUT2D eigenvalue weighted by molar-refractivity contribution is 0.167. The predicted octanol–water partition coefficient (Wildman–Crippen LogP) is 5.23. The number of carbonyl (C=O) groups is 1. The Morgan fingerprint density at radius 2 is 1.83 bits per heavy atom. The highest BCUT2D eigenvalue weighted by Crippen LogP contribution is 2.26. The third-order valence-electron chi connectivity index (χ3n) is 3.50. The summed E-state index contributed by atoms with van der Waals surface area (Å²) in [6.07, 6.45) is 0.471. The van der Waals surface area contributed by atoms with Gasteiger partial charge in [-0.25, -0.2) is 4.79 Å². The SMILES string of the molecule is COc1ccc(Cc2ccc(NC(=O)OCC[Si](C)(C)C)cc2)s1. The fourth-order valence-electron chi connectivity index (χ4n) is 2.07. The quantitative estimate of drug-likeness (QED) is 0.685. The monoisotopic (exact) mass is 363 g/mol.